The number of rotatable bonds is 2. The monoisotopic (exact) mass is 261 g/mol. The van der Waals surface area contributed by atoms with Gasteiger partial charge in [-0.05, 0) is 13.0 Å². The smallest absolute Gasteiger partial charge is 0.225 e. The fourth-order valence-electron chi connectivity index (χ4n) is 2.81. The summed E-state index contributed by atoms with van der Waals surface area (Å²) in [4.78, 5) is 14.3. The van der Waals surface area contributed by atoms with E-state index in [1.807, 2.05) is 0 Å². The molecule has 1 N–H and O–H groups in total. The minimum absolute atomic E-state index is 0.461. The number of likely N-dealkylation sites (N-methyl/N-ethyl adjacent to an activating group) is 1. The van der Waals surface area contributed by atoms with Gasteiger partial charge in [0.25, 0.3) is 0 Å². The van der Waals surface area contributed by atoms with E-state index in [0.717, 1.165) is 45.2 Å². The number of anilines is 1. The molecule has 0 unspecified atom stereocenters. The molecule has 0 radical (unpaired) electrons. The fourth-order valence-corrected chi connectivity index (χ4v) is 2.81. The van der Waals surface area contributed by atoms with Gasteiger partial charge < -0.3 is 15.1 Å². The van der Waals surface area contributed by atoms with E-state index in [2.05, 4.69) is 36.0 Å². The molecule has 3 rings (SSSR count). The lowest BCUT2D eigenvalue weighted by molar-refractivity contribution is 0.311. The highest BCUT2D eigenvalue weighted by atomic mass is 15.3. The molecular formula is C14H23N5. The average Bonchev–Trinajstić information content (AvgIpc) is 2.86. The quantitative estimate of drug-likeness (QED) is 0.859. The number of hydrogen-bond acceptors (Lipinski definition) is 5. The lowest BCUT2D eigenvalue weighted by Gasteiger charge is -2.33. The molecule has 0 aromatic carbocycles. The zero-order chi connectivity index (χ0) is 13.4. The molecule has 0 spiro atoms. The predicted octanol–water partition coefficient (Wildman–Crippen LogP) is 0.955. The Labute approximate surface area is 115 Å². The number of hydrogen-bond donors (Lipinski definition) is 1. The van der Waals surface area contributed by atoms with Crippen molar-refractivity contribution in [3.8, 4) is 0 Å². The summed E-state index contributed by atoms with van der Waals surface area (Å²) in [6.45, 7) is 10.5. The average molecular weight is 261 g/mol. The van der Waals surface area contributed by atoms with Gasteiger partial charge in [-0.1, -0.05) is 13.8 Å². The van der Waals surface area contributed by atoms with Gasteiger partial charge >= 0.3 is 0 Å². The topological polar surface area (TPSA) is 44.3 Å². The number of fused-ring (bicyclic) bond motifs is 1. The summed E-state index contributed by atoms with van der Waals surface area (Å²) in [5, 5.41) is 3.39. The van der Waals surface area contributed by atoms with Crippen molar-refractivity contribution in [2.45, 2.75) is 32.9 Å². The van der Waals surface area contributed by atoms with Crippen LogP contribution in [-0.2, 0) is 13.1 Å². The van der Waals surface area contributed by atoms with Gasteiger partial charge in [0.05, 0.1) is 11.4 Å². The van der Waals surface area contributed by atoms with Crippen molar-refractivity contribution in [3.63, 3.8) is 0 Å². The van der Waals surface area contributed by atoms with Gasteiger partial charge in [-0.2, -0.15) is 0 Å². The zero-order valence-corrected chi connectivity index (χ0v) is 12.1. The Balaban J connectivity index is 1.92. The van der Waals surface area contributed by atoms with Crippen LogP contribution in [0.1, 0.15) is 36.7 Å². The second-order valence-electron chi connectivity index (χ2n) is 5.88. The summed E-state index contributed by atoms with van der Waals surface area (Å²) in [6, 6.07) is 0. The van der Waals surface area contributed by atoms with Crippen molar-refractivity contribution in [3.05, 3.63) is 17.0 Å². The van der Waals surface area contributed by atoms with Crippen LogP contribution in [-0.4, -0.2) is 48.1 Å². The van der Waals surface area contributed by atoms with Gasteiger partial charge in [0.15, 0.2) is 0 Å². The molecule has 1 saturated heterocycles. The van der Waals surface area contributed by atoms with E-state index in [1.54, 1.807) is 0 Å². The van der Waals surface area contributed by atoms with Gasteiger partial charge in [0.2, 0.25) is 5.95 Å². The minimum Gasteiger partial charge on any atom is -0.338 e. The van der Waals surface area contributed by atoms with E-state index in [0.29, 0.717) is 5.92 Å². The van der Waals surface area contributed by atoms with E-state index < -0.39 is 0 Å². The number of nitrogens with zero attached hydrogens (tertiary/aromatic N) is 4. The maximum atomic E-state index is 4.85. The molecule has 1 fully saturated rings. The standard InChI is InChI=1S/C14H23N5/c1-10(2)13-11-8-15-9-12(11)16-14(17-13)19-6-4-18(3)5-7-19/h10,15H,4-9H2,1-3H3. The third kappa shape index (κ3) is 2.44. The second-order valence-corrected chi connectivity index (χ2v) is 5.88. The van der Waals surface area contributed by atoms with Gasteiger partial charge in [-0.3, -0.25) is 0 Å². The summed E-state index contributed by atoms with van der Waals surface area (Å²) >= 11 is 0. The highest BCUT2D eigenvalue weighted by molar-refractivity contribution is 5.40. The molecule has 5 nitrogen and oxygen atoms in total. The Morgan fingerprint density at radius 2 is 1.79 bits per heavy atom. The lowest BCUT2D eigenvalue weighted by atomic mass is 10.0. The largest absolute Gasteiger partial charge is 0.338 e. The van der Waals surface area contributed by atoms with Gasteiger partial charge in [-0.25, -0.2) is 9.97 Å². The van der Waals surface area contributed by atoms with Gasteiger partial charge in [-0.15, -0.1) is 0 Å². The normalized spacial score (nSPS) is 20.1. The van der Waals surface area contributed by atoms with E-state index in [4.69, 9.17) is 9.97 Å². The minimum atomic E-state index is 0.461. The Hall–Kier alpha value is -1.20. The molecule has 0 aliphatic carbocycles. The summed E-state index contributed by atoms with van der Waals surface area (Å²) in [7, 11) is 2.17. The van der Waals surface area contributed by atoms with Crippen LogP contribution in [0.15, 0.2) is 0 Å². The third-order valence-electron chi connectivity index (χ3n) is 4.04. The molecule has 3 heterocycles. The Kier molecular flexibility index (Phi) is 3.41. The first-order chi connectivity index (χ1) is 9.15. The molecule has 104 valence electrons. The SMILES string of the molecule is CC(C)c1nc(N2CCN(C)CC2)nc2c1CNC2. The molecular weight excluding hydrogens is 238 g/mol. The van der Waals surface area contributed by atoms with Crippen LogP contribution in [0.25, 0.3) is 0 Å². The first-order valence-electron chi connectivity index (χ1n) is 7.19. The molecule has 0 amide bonds. The summed E-state index contributed by atoms with van der Waals surface area (Å²) in [6.07, 6.45) is 0. The van der Waals surface area contributed by atoms with Crippen molar-refractivity contribution in [1.82, 2.24) is 20.2 Å². The number of aromatic nitrogens is 2. The van der Waals surface area contributed by atoms with Crippen LogP contribution < -0.4 is 10.2 Å². The van der Waals surface area contributed by atoms with Crippen LogP contribution in [0.3, 0.4) is 0 Å². The van der Waals surface area contributed by atoms with Crippen molar-refractivity contribution < 1.29 is 0 Å². The molecule has 0 saturated carbocycles. The highest BCUT2D eigenvalue weighted by Gasteiger charge is 2.24. The van der Waals surface area contributed by atoms with Crippen molar-refractivity contribution in [2.24, 2.45) is 0 Å². The van der Waals surface area contributed by atoms with E-state index in [1.165, 1.54) is 17.0 Å². The van der Waals surface area contributed by atoms with E-state index in [-0.39, 0.29) is 0 Å². The Bertz CT molecular complexity index is 463. The van der Waals surface area contributed by atoms with Crippen LogP contribution in [0.5, 0.6) is 0 Å². The first kappa shape index (κ1) is 12.8. The molecule has 0 atom stereocenters. The van der Waals surface area contributed by atoms with E-state index >= 15 is 0 Å². The highest BCUT2D eigenvalue weighted by Crippen LogP contribution is 2.26. The van der Waals surface area contributed by atoms with Crippen molar-refractivity contribution in [1.29, 1.82) is 0 Å². The maximum absolute atomic E-state index is 4.85. The summed E-state index contributed by atoms with van der Waals surface area (Å²) in [5.41, 5.74) is 3.75. The Morgan fingerprint density at radius 3 is 2.47 bits per heavy atom. The maximum Gasteiger partial charge on any atom is 0.225 e. The van der Waals surface area contributed by atoms with Crippen LogP contribution in [0.2, 0.25) is 0 Å². The van der Waals surface area contributed by atoms with Crippen LogP contribution in [0.4, 0.5) is 5.95 Å². The molecule has 0 bridgehead atoms. The summed E-state index contributed by atoms with van der Waals surface area (Å²) in [5.74, 6) is 1.39. The third-order valence-corrected chi connectivity index (χ3v) is 4.04. The molecule has 2 aliphatic rings. The first-order valence-corrected chi connectivity index (χ1v) is 7.19. The van der Waals surface area contributed by atoms with Crippen molar-refractivity contribution in [2.75, 3.05) is 38.1 Å². The predicted molar refractivity (Wildman–Crippen MR) is 76.4 cm³/mol. The fraction of sp³-hybridized carbons (Fsp3) is 0.714. The molecule has 1 aromatic rings. The second kappa shape index (κ2) is 5.06. The molecule has 19 heavy (non-hydrogen) atoms. The molecule has 1 aromatic heterocycles. The number of nitrogens with one attached hydrogen (secondary N) is 1. The zero-order valence-electron chi connectivity index (χ0n) is 12.1. The number of piperazine rings is 1. The van der Waals surface area contributed by atoms with Gasteiger partial charge in [0, 0.05) is 44.8 Å². The Morgan fingerprint density at radius 1 is 1.05 bits per heavy atom. The van der Waals surface area contributed by atoms with Crippen LogP contribution >= 0.6 is 0 Å². The van der Waals surface area contributed by atoms with E-state index in [9.17, 15) is 0 Å². The summed E-state index contributed by atoms with van der Waals surface area (Å²) < 4.78 is 0. The molecule has 5 heteroatoms. The lowest BCUT2D eigenvalue weighted by Crippen LogP contribution is -2.45. The van der Waals surface area contributed by atoms with Crippen LogP contribution in [0, 0.1) is 0 Å². The molecule has 2 aliphatic heterocycles. The van der Waals surface area contributed by atoms with Crippen molar-refractivity contribution >= 4 is 5.95 Å². The van der Waals surface area contributed by atoms with Gasteiger partial charge in [0.1, 0.15) is 0 Å².